The Labute approximate surface area is 105 Å². The van der Waals surface area contributed by atoms with Crippen molar-refractivity contribution in [1.29, 1.82) is 0 Å². The Bertz CT molecular complexity index is 512. The predicted molar refractivity (Wildman–Crippen MR) is 66.7 cm³/mol. The van der Waals surface area contributed by atoms with E-state index in [0.717, 1.165) is 0 Å². The van der Waals surface area contributed by atoms with E-state index in [9.17, 15) is 9.59 Å². The monoisotopic (exact) mass is 257 g/mol. The van der Waals surface area contributed by atoms with E-state index < -0.39 is 17.1 Å². The average molecular weight is 258 g/mol. The van der Waals surface area contributed by atoms with Crippen molar-refractivity contribution < 1.29 is 9.53 Å². The third-order valence-electron chi connectivity index (χ3n) is 2.16. The van der Waals surface area contributed by atoms with Crippen molar-refractivity contribution in [2.45, 2.75) is 40.2 Å². The van der Waals surface area contributed by atoms with Crippen molar-refractivity contribution >= 4 is 17.6 Å². The second-order valence-corrected chi connectivity index (χ2v) is 5.27. The van der Waals surface area contributed by atoms with Gasteiger partial charge >= 0.3 is 5.97 Å². The summed E-state index contributed by atoms with van der Waals surface area (Å²) < 4.78 is 5.16. The Morgan fingerprint density at radius 1 is 1.29 bits per heavy atom. The van der Waals surface area contributed by atoms with Crippen LogP contribution in [0.1, 0.15) is 42.4 Å². The van der Waals surface area contributed by atoms with Gasteiger partial charge in [0, 0.05) is 5.69 Å². The van der Waals surface area contributed by atoms with Gasteiger partial charge in [-0.05, 0) is 40.2 Å². The number of aromatic nitrogens is 1. The number of ether oxygens (including phenoxy) is 1. The molecule has 0 aliphatic rings. The number of pyridine rings is 1. The van der Waals surface area contributed by atoms with Crippen LogP contribution in [0.4, 0.5) is 0 Å². The molecule has 0 aliphatic heterocycles. The highest BCUT2D eigenvalue weighted by atomic mass is 35.5. The molecule has 0 saturated heterocycles. The quantitative estimate of drug-likeness (QED) is 0.787. The van der Waals surface area contributed by atoms with Gasteiger partial charge in [0.15, 0.2) is 0 Å². The van der Waals surface area contributed by atoms with Crippen molar-refractivity contribution in [1.82, 2.24) is 4.98 Å². The van der Waals surface area contributed by atoms with Crippen LogP contribution in [0.15, 0.2) is 4.79 Å². The lowest BCUT2D eigenvalue weighted by Gasteiger charge is -2.20. The number of esters is 1. The van der Waals surface area contributed by atoms with Crippen LogP contribution < -0.4 is 5.56 Å². The minimum atomic E-state index is -0.654. The number of rotatable bonds is 1. The first-order chi connectivity index (χ1) is 7.63. The minimum Gasteiger partial charge on any atom is -0.456 e. The van der Waals surface area contributed by atoms with Gasteiger partial charge < -0.3 is 9.72 Å². The third kappa shape index (κ3) is 3.09. The number of hydrogen-bond acceptors (Lipinski definition) is 3. The van der Waals surface area contributed by atoms with E-state index in [-0.39, 0.29) is 5.56 Å². The number of aryl methyl sites for hydroxylation is 1. The van der Waals surface area contributed by atoms with Crippen molar-refractivity contribution in [2.24, 2.45) is 0 Å². The van der Waals surface area contributed by atoms with Crippen LogP contribution in [0.5, 0.6) is 0 Å². The van der Waals surface area contributed by atoms with Gasteiger partial charge in [-0.1, -0.05) is 11.6 Å². The second-order valence-electron chi connectivity index (χ2n) is 4.89. The van der Waals surface area contributed by atoms with Crippen LogP contribution in [-0.4, -0.2) is 16.6 Å². The summed E-state index contributed by atoms with van der Waals surface area (Å²) >= 11 is 5.99. The van der Waals surface area contributed by atoms with Crippen LogP contribution in [-0.2, 0) is 4.74 Å². The van der Waals surface area contributed by atoms with Gasteiger partial charge in [0.25, 0.3) is 5.56 Å². The van der Waals surface area contributed by atoms with E-state index in [0.29, 0.717) is 16.3 Å². The molecular formula is C12H16ClNO3. The van der Waals surface area contributed by atoms with E-state index >= 15 is 0 Å². The molecule has 4 nitrogen and oxygen atoms in total. The number of nitrogens with one attached hydrogen (secondary N) is 1. The third-order valence-corrected chi connectivity index (χ3v) is 2.73. The number of halogens is 1. The van der Waals surface area contributed by atoms with Crippen molar-refractivity contribution in [3.8, 4) is 0 Å². The van der Waals surface area contributed by atoms with Gasteiger partial charge in [-0.3, -0.25) is 4.79 Å². The summed E-state index contributed by atoms with van der Waals surface area (Å²) in [5.41, 5.74) is -0.161. The maximum Gasteiger partial charge on any atom is 0.344 e. The molecule has 1 N–H and O–H groups in total. The molecule has 0 aromatic carbocycles. The number of aromatic amines is 1. The highest BCUT2D eigenvalue weighted by Crippen LogP contribution is 2.20. The van der Waals surface area contributed by atoms with Gasteiger partial charge in [-0.25, -0.2) is 4.79 Å². The number of hydrogen-bond donors (Lipinski definition) is 1. The largest absolute Gasteiger partial charge is 0.456 e. The molecule has 0 amide bonds. The topological polar surface area (TPSA) is 59.2 Å². The molecule has 1 heterocycles. The first-order valence-corrected chi connectivity index (χ1v) is 5.63. The summed E-state index contributed by atoms with van der Waals surface area (Å²) in [7, 11) is 0. The molecule has 0 saturated carbocycles. The molecule has 17 heavy (non-hydrogen) atoms. The molecule has 1 aromatic rings. The fourth-order valence-corrected chi connectivity index (χ4v) is 1.57. The molecule has 0 radical (unpaired) electrons. The summed E-state index contributed by atoms with van der Waals surface area (Å²) in [5.74, 6) is -0.654. The molecule has 94 valence electrons. The van der Waals surface area contributed by atoms with Gasteiger partial charge in [0.2, 0.25) is 0 Å². The van der Waals surface area contributed by atoms with E-state index in [1.165, 1.54) is 0 Å². The maximum atomic E-state index is 11.9. The first kappa shape index (κ1) is 13.8. The summed E-state index contributed by atoms with van der Waals surface area (Å²) in [6.45, 7) is 8.53. The summed E-state index contributed by atoms with van der Waals surface area (Å²) in [6.07, 6.45) is 0. The standard InChI is InChI=1S/C12H16ClNO3/c1-6-8(11(16)17-12(3,4)5)10(15)14-7(2)9(6)13/h1-5H3,(H,14,15). The zero-order valence-corrected chi connectivity index (χ0v) is 11.4. The van der Waals surface area contributed by atoms with Gasteiger partial charge in [0.05, 0.1) is 5.02 Å². The van der Waals surface area contributed by atoms with E-state index in [1.807, 2.05) is 0 Å². The molecule has 0 aliphatic carbocycles. The lowest BCUT2D eigenvalue weighted by molar-refractivity contribution is 0.00667. The minimum absolute atomic E-state index is 0.0319. The summed E-state index contributed by atoms with van der Waals surface area (Å²) in [6, 6.07) is 0. The van der Waals surface area contributed by atoms with Gasteiger partial charge in [0.1, 0.15) is 11.2 Å². The molecule has 0 unspecified atom stereocenters. The highest BCUT2D eigenvalue weighted by molar-refractivity contribution is 6.32. The summed E-state index contributed by atoms with van der Waals surface area (Å²) in [5, 5.41) is 0.380. The predicted octanol–water partition coefficient (Wildman–Crippen LogP) is 2.60. The zero-order valence-electron chi connectivity index (χ0n) is 10.6. The van der Waals surface area contributed by atoms with E-state index in [4.69, 9.17) is 16.3 Å². The lowest BCUT2D eigenvalue weighted by Crippen LogP contribution is -2.29. The normalized spacial score (nSPS) is 11.4. The lowest BCUT2D eigenvalue weighted by atomic mass is 10.1. The molecule has 0 atom stereocenters. The fourth-order valence-electron chi connectivity index (χ4n) is 1.42. The van der Waals surface area contributed by atoms with Crippen LogP contribution in [0, 0.1) is 13.8 Å². The number of carbonyl (C=O) groups excluding carboxylic acids is 1. The first-order valence-electron chi connectivity index (χ1n) is 5.26. The summed E-state index contributed by atoms with van der Waals surface area (Å²) in [4.78, 5) is 26.1. The Balaban J connectivity index is 3.29. The van der Waals surface area contributed by atoms with Gasteiger partial charge in [-0.2, -0.15) is 0 Å². The van der Waals surface area contributed by atoms with Crippen LogP contribution in [0.3, 0.4) is 0 Å². The highest BCUT2D eigenvalue weighted by Gasteiger charge is 2.23. The Hall–Kier alpha value is -1.29. The molecule has 0 spiro atoms. The Morgan fingerprint density at radius 3 is 2.29 bits per heavy atom. The average Bonchev–Trinajstić information content (AvgIpc) is 2.11. The molecule has 5 heteroatoms. The fraction of sp³-hybridized carbons (Fsp3) is 0.500. The van der Waals surface area contributed by atoms with Crippen molar-refractivity contribution in [3.05, 3.63) is 32.2 Å². The molecule has 1 aromatic heterocycles. The Kier molecular flexibility index (Phi) is 3.67. The number of carbonyl (C=O) groups is 1. The molecule has 0 bridgehead atoms. The van der Waals surface area contributed by atoms with Crippen LogP contribution in [0.2, 0.25) is 5.02 Å². The smallest absolute Gasteiger partial charge is 0.344 e. The zero-order chi connectivity index (χ0) is 13.4. The van der Waals surface area contributed by atoms with Crippen LogP contribution in [0.25, 0.3) is 0 Å². The van der Waals surface area contributed by atoms with Crippen molar-refractivity contribution in [3.63, 3.8) is 0 Å². The molecule has 1 rings (SSSR count). The van der Waals surface area contributed by atoms with Crippen molar-refractivity contribution in [2.75, 3.05) is 0 Å². The molecule has 0 fully saturated rings. The number of H-pyrrole nitrogens is 1. The van der Waals surface area contributed by atoms with Gasteiger partial charge in [-0.15, -0.1) is 0 Å². The van der Waals surface area contributed by atoms with E-state index in [2.05, 4.69) is 4.98 Å². The van der Waals surface area contributed by atoms with Crippen LogP contribution >= 0.6 is 11.6 Å². The second kappa shape index (κ2) is 4.53. The molecular weight excluding hydrogens is 242 g/mol. The maximum absolute atomic E-state index is 11.9. The van der Waals surface area contributed by atoms with E-state index in [1.54, 1.807) is 34.6 Å². The SMILES string of the molecule is Cc1[nH]c(=O)c(C(=O)OC(C)(C)C)c(C)c1Cl. The Morgan fingerprint density at radius 2 is 1.82 bits per heavy atom.